The fourth-order valence-electron chi connectivity index (χ4n) is 8.81. The molecule has 3 unspecified atom stereocenters. The maximum atomic E-state index is 11.2. The van der Waals surface area contributed by atoms with Crippen molar-refractivity contribution in [1.82, 2.24) is 0 Å². The first-order valence-electron chi connectivity index (χ1n) is 25.3. The molecule has 0 radical (unpaired) electrons. The number of hydrogen-bond acceptors (Lipinski definition) is 11. The Morgan fingerprint density at radius 2 is 0.733 bits per heavy atom. The van der Waals surface area contributed by atoms with Crippen LogP contribution in [0, 0.1) is 11.8 Å². The van der Waals surface area contributed by atoms with Crippen molar-refractivity contribution in [1.29, 1.82) is 0 Å². The Bertz CT molecular complexity index is 934. The number of unbranched alkanes of at least 4 members (excludes halogenated alkanes) is 22. The Balaban J connectivity index is 1.78. The van der Waals surface area contributed by atoms with Crippen LogP contribution < -0.4 is 0 Å². The highest BCUT2D eigenvalue weighted by Gasteiger charge is 2.51. The lowest BCUT2D eigenvalue weighted by Gasteiger charge is -2.46. The Kier molecular flexibility index (Phi) is 32.4. The predicted octanol–water partition coefficient (Wildman–Crippen LogP) is 9.01. The van der Waals surface area contributed by atoms with Crippen molar-refractivity contribution < 1.29 is 54.7 Å². The molecule has 0 bridgehead atoms. The Morgan fingerprint density at radius 1 is 0.400 bits per heavy atom. The number of ether oxygens (including phenoxy) is 4. The van der Waals surface area contributed by atoms with E-state index >= 15 is 0 Å². The van der Waals surface area contributed by atoms with E-state index in [1.54, 1.807) is 0 Å². The molecule has 358 valence electrons. The van der Waals surface area contributed by atoms with Gasteiger partial charge in [-0.25, -0.2) is 0 Å². The van der Waals surface area contributed by atoms with Crippen molar-refractivity contribution in [2.45, 2.75) is 288 Å². The van der Waals surface area contributed by atoms with Crippen molar-refractivity contribution in [2.24, 2.45) is 11.8 Å². The highest BCUT2D eigenvalue weighted by atomic mass is 16.7. The molecular weight excluding hydrogens is 765 g/mol. The van der Waals surface area contributed by atoms with Gasteiger partial charge in [-0.05, 0) is 24.7 Å². The number of rotatable bonds is 38. The normalized spacial score (nSPS) is 28.9. The third kappa shape index (κ3) is 23.0. The van der Waals surface area contributed by atoms with Gasteiger partial charge >= 0.3 is 0 Å². The molecule has 2 heterocycles. The first-order chi connectivity index (χ1) is 29.1. The minimum absolute atomic E-state index is 0.186. The molecule has 60 heavy (non-hydrogen) atoms. The van der Waals surface area contributed by atoms with E-state index in [0.717, 1.165) is 50.4 Å². The van der Waals surface area contributed by atoms with Crippen molar-refractivity contribution in [3.05, 3.63) is 0 Å². The molecule has 2 aliphatic rings. The van der Waals surface area contributed by atoms with Gasteiger partial charge in [-0.1, -0.05) is 207 Å². The van der Waals surface area contributed by atoms with Crippen LogP contribution in [-0.2, 0) is 18.9 Å². The largest absolute Gasteiger partial charge is 0.394 e. The van der Waals surface area contributed by atoms with Gasteiger partial charge in [-0.3, -0.25) is 0 Å². The molecule has 2 aliphatic heterocycles. The molecule has 2 saturated heterocycles. The second-order valence-corrected chi connectivity index (χ2v) is 18.9. The molecule has 7 N–H and O–H groups in total. The van der Waals surface area contributed by atoms with E-state index < -0.39 is 74.6 Å². The highest BCUT2D eigenvalue weighted by molar-refractivity contribution is 4.94. The monoisotopic (exact) mass is 861 g/mol. The van der Waals surface area contributed by atoms with Crippen LogP contribution in [-0.4, -0.2) is 116 Å². The van der Waals surface area contributed by atoms with Crippen molar-refractivity contribution in [2.75, 3.05) is 13.2 Å². The Hall–Kier alpha value is -0.440. The quantitative estimate of drug-likeness (QED) is 0.0295. The fraction of sp³-hybridized carbons (Fsp3) is 1.00. The van der Waals surface area contributed by atoms with Gasteiger partial charge in [-0.2, -0.15) is 0 Å². The van der Waals surface area contributed by atoms with Gasteiger partial charge < -0.3 is 54.7 Å². The minimum Gasteiger partial charge on any atom is -0.394 e. The summed E-state index contributed by atoms with van der Waals surface area (Å²) in [4.78, 5) is 0. The van der Waals surface area contributed by atoms with Crippen LogP contribution >= 0.6 is 0 Å². The van der Waals surface area contributed by atoms with Crippen LogP contribution in [0.1, 0.15) is 220 Å². The van der Waals surface area contributed by atoms with Crippen LogP contribution in [0.3, 0.4) is 0 Å². The lowest BCUT2D eigenvalue weighted by atomic mass is 9.96. The molecular formula is C49H96O11. The molecule has 0 amide bonds. The molecule has 0 aromatic rings. The Morgan fingerprint density at radius 3 is 1.10 bits per heavy atom. The van der Waals surface area contributed by atoms with Crippen LogP contribution in [0.4, 0.5) is 0 Å². The summed E-state index contributed by atoms with van der Waals surface area (Å²) in [7, 11) is 0. The zero-order valence-corrected chi connectivity index (χ0v) is 38.9. The predicted molar refractivity (Wildman–Crippen MR) is 239 cm³/mol. The summed E-state index contributed by atoms with van der Waals surface area (Å²) in [6, 6.07) is 0. The first kappa shape index (κ1) is 55.7. The summed E-state index contributed by atoms with van der Waals surface area (Å²) in [6.45, 7) is 8.07. The molecule has 0 aromatic heterocycles. The van der Waals surface area contributed by atoms with Gasteiger partial charge in [0, 0.05) is 0 Å². The lowest BCUT2D eigenvalue weighted by molar-refractivity contribution is -0.363. The van der Waals surface area contributed by atoms with Gasteiger partial charge in [0.05, 0.1) is 19.3 Å². The molecule has 0 aliphatic carbocycles. The van der Waals surface area contributed by atoms with Crippen LogP contribution in [0.15, 0.2) is 0 Å². The summed E-state index contributed by atoms with van der Waals surface area (Å²) in [5, 5.41) is 73.0. The first-order valence-corrected chi connectivity index (χ1v) is 25.3. The van der Waals surface area contributed by atoms with Crippen molar-refractivity contribution in [3.8, 4) is 0 Å². The molecule has 11 nitrogen and oxygen atoms in total. The molecule has 12 atom stereocenters. The molecule has 0 aromatic carbocycles. The van der Waals surface area contributed by atoms with E-state index in [0.29, 0.717) is 0 Å². The smallest absolute Gasteiger partial charge is 0.187 e. The van der Waals surface area contributed by atoms with E-state index in [-0.39, 0.29) is 6.10 Å². The average molecular weight is 861 g/mol. The van der Waals surface area contributed by atoms with Crippen LogP contribution in [0.2, 0.25) is 0 Å². The minimum atomic E-state index is -1.71. The molecule has 2 rings (SSSR count). The van der Waals surface area contributed by atoms with Gasteiger partial charge in [0.15, 0.2) is 12.6 Å². The van der Waals surface area contributed by atoms with Crippen molar-refractivity contribution >= 4 is 0 Å². The molecule has 2 fully saturated rings. The lowest BCUT2D eigenvalue weighted by Crippen LogP contribution is -2.64. The highest BCUT2D eigenvalue weighted by Crippen LogP contribution is 2.31. The van der Waals surface area contributed by atoms with Crippen LogP contribution in [0.5, 0.6) is 0 Å². The fourth-order valence-corrected chi connectivity index (χ4v) is 8.81. The number of aliphatic hydroxyl groups excluding tert-OH is 7. The SMILES string of the molecule is CCC(C)CCCCCCCCCCCCCCC(CCCCCCCCCCCCCCC(C)CC)O[C@@H]1O[C@@H](CO)[C@H](OC2O[C@@H](CO)[C@@H](O)[C@H](O)[C@@H]2O)[C@H](O)[C@@H]1O. The summed E-state index contributed by atoms with van der Waals surface area (Å²) < 4.78 is 23.6. The zero-order chi connectivity index (χ0) is 44.0. The van der Waals surface area contributed by atoms with E-state index in [1.807, 2.05) is 0 Å². The third-order valence-corrected chi connectivity index (χ3v) is 13.6. The number of hydrogen-bond donors (Lipinski definition) is 7. The summed E-state index contributed by atoms with van der Waals surface area (Å²) in [6.07, 6.45) is 22.9. The van der Waals surface area contributed by atoms with Gasteiger partial charge in [-0.15, -0.1) is 0 Å². The van der Waals surface area contributed by atoms with Gasteiger partial charge in [0.2, 0.25) is 0 Å². The van der Waals surface area contributed by atoms with Gasteiger partial charge in [0.25, 0.3) is 0 Å². The maximum Gasteiger partial charge on any atom is 0.187 e. The maximum absolute atomic E-state index is 11.2. The number of aliphatic hydroxyl groups is 7. The summed E-state index contributed by atoms with van der Waals surface area (Å²) >= 11 is 0. The van der Waals surface area contributed by atoms with E-state index in [4.69, 9.17) is 18.9 Å². The average Bonchev–Trinajstić information content (AvgIpc) is 3.25. The van der Waals surface area contributed by atoms with Crippen molar-refractivity contribution in [3.63, 3.8) is 0 Å². The Labute approximate surface area is 366 Å². The molecule has 11 heteroatoms. The standard InChI is InChI=1S/C49H96O11/c1-5-37(3)31-27-23-19-15-11-7-9-13-17-21-25-29-33-39(34-30-26-22-18-14-10-8-12-16-20-24-28-32-38(4)6-2)57-48-46(56)44(54)47(41(36-51)59-48)60-49-45(55)43(53)42(52)40(35-50)58-49/h37-56H,5-36H2,1-4H3/t37?,38?,39?,40-,41-,42+,43-,44+,45-,46-,47-,48+,49?/m0/s1. The molecule has 0 spiro atoms. The topological polar surface area (TPSA) is 179 Å². The second kappa shape index (κ2) is 34.9. The van der Waals surface area contributed by atoms with E-state index in [9.17, 15) is 35.7 Å². The van der Waals surface area contributed by atoms with Crippen LogP contribution in [0.25, 0.3) is 0 Å². The van der Waals surface area contributed by atoms with Gasteiger partial charge in [0.1, 0.15) is 48.8 Å². The summed E-state index contributed by atoms with van der Waals surface area (Å²) in [5.74, 6) is 1.73. The third-order valence-electron chi connectivity index (χ3n) is 13.6. The second-order valence-electron chi connectivity index (χ2n) is 18.9. The zero-order valence-electron chi connectivity index (χ0n) is 38.9. The van der Waals surface area contributed by atoms with E-state index in [1.165, 1.54) is 154 Å². The summed E-state index contributed by atoms with van der Waals surface area (Å²) in [5.41, 5.74) is 0. The molecule has 0 saturated carbocycles. The van der Waals surface area contributed by atoms with E-state index in [2.05, 4.69) is 27.7 Å².